The Morgan fingerprint density at radius 3 is 2.31 bits per heavy atom. The Balaban J connectivity index is 1.96. The highest BCUT2D eigenvalue weighted by atomic mass is 19.4. The van der Waals surface area contributed by atoms with E-state index in [-0.39, 0.29) is 17.6 Å². The standard InChI is InChI=1S/C19H20F4N2O/c1-13-2-5-15(20)12-17(13)18(25-10-8-24-9-11-25)14-3-6-16(7-4-14)26-19(21,22)23/h2-7,12,18,24H,8-11H2,1H3/t18-/m1/s1. The molecule has 0 amide bonds. The summed E-state index contributed by atoms with van der Waals surface area (Å²) in [6, 6.07) is 10.2. The molecule has 0 radical (unpaired) electrons. The molecule has 0 aliphatic carbocycles. The summed E-state index contributed by atoms with van der Waals surface area (Å²) in [6.07, 6.45) is -4.72. The van der Waals surface area contributed by atoms with E-state index in [0.29, 0.717) is 0 Å². The number of benzene rings is 2. The summed E-state index contributed by atoms with van der Waals surface area (Å²) in [7, 11) is 0. The molecule has 2 aromatic rings. The molecule has 0 aromatic heterocycles. The number of nitrogens with one attached hydrogen (secondary N) is 1. The predicted molar refractivity (Wildman–Crippen MR) is 90.5 cm³/mol. The third kappa shape index (κ3) is 4.53. The summed E-state index contributed by atoms with van der Waals surface area (Å²) in [4.78, 5) is 2.21. The fourth-order valence-electron chi connectivity index (χ4n) is 3.29. The van der Waals surface area contributed by atoms with E-state index in [9.17, 15) is 17.6 Å². The van der Waals surface area contributed by atoms with Crippen molar-refractivity contribution in [2.45, 2.75) is 19.3 Å². The summed E-state index contributed by atoms with van der Waals surface area (Å²) >= 11 is 0. The lowest BCUT2D eigenvalue weighted by Gasteiger charge is -2.36. The lowest BCUT2D eigenvalue weighted by atomic mass is 9.93. The van der Waals surface area contributed by atoms with E-state index in [1.807, 2.05) is 6.92 Å². The predicted octanol–water partition coefficient (Wildman–Crippen LogP) is 4.03. The minimum atomic E-state index is -4.72. The van der Waals surface area contributed by atoms with E-state index in [4.69, 9.17) is 0 Å². The van der Waals surface area contributed by atoms with Gasteiger partial charge in [-0.2, -0.15) is 0 Å². The zero-order chi connectivity index (χ0) is 18.7. The molecule has 1 aliphatic heterocycles. The molecule has 26 heavy (non-hydrogen) atoms. The Hall–Kier alpha value is -2.12. The number of piperazine rings is 1. The highest BCUT2D eigenvalue weighted by Gasteiger charge is 2.31. The number of alkyl halides is 3. The van der Waals surface area contributed by atoms with Gasteiger partial charge in [-0.3, -0.25) is 4.90 Å². The molecule has 1 saturated heterocycles. The van der Waals surface area contributed by atoms with Crippen LogP contribution in [0.25, 0.3) is 0 Å². The van der Waals surface area contributed by atoms with Crippen LogP contribution >= 0.6 is 0 Å². The Kier molecular flexibility index (Phi) is 5.48. The maximum Gasteiger partial charge on any atom is 0.573 e. The van der Waals surface area contributed by atoms with Crippen molar-refractivity contribution in [3.05, 3.63) is 65.0 Å². The second kappa shape index (κ2) is 7.63. The molecule has 0 saturated carbocycles. The molecule has 3 nitrogen and oxygen atoms in total. The van der Waals surface area contributed by atoms with Crippen LogP contribution in [0.4, 0.5) is 17.6 Å². The number of nitrogens with zero attached hydrogens (tertiary/aromatic N) is 1. The first kappa shape index (κ1) is 18.7. The van der Waals surface area contributed by atoms with Gasteiger partial charge < -0.3 is 10.1 Å². The van der Waals surface area contributed by atoms with Crippen LogP contribution in [-0.4, -0.2) is 37.4 Å². The molecule has 140 valence electrons. The fraction of sp³-hybridized carbons (Fsp3) is 0.368. The van der Waals surface area contributed by atoms with Crippen LogP contribution < -0.4 is 10.1 Å². The van der Waals surface area contributed by atoms with E-state index < -0.39 is 6.36 Å². The maximum absolute atomic E-state index is 13.9. The zero-order valence-electron chi connectivity index (χ0n) is 14.3. The van der Waals surface area contributed by atoms with E-state index >= 15 is 0 Å². The van der Waals surface area contributed by atoms with Gasteiger partial charge in [-0.15, -0.1) is 13.2 Å². The number of rotatable bonds is 4. The van der Waals surface area contributed by atoms with Gasteiger partial charge in [-0.1, -0.05) is 18.2 Å². The molecule has 0 unspecified atom stereocenters. The fourth-order valence-corrected chi connectivity index (χ4v) is 3.29. The monoisotopic (exact) mass is 368 g/mol. The second-order valence-corrected chi connectivity index (χ2v) is 6.31. The minimum absolute atomic E-state index is 0.229. The van der Waals surface area contributed by atoms with Gasteiger partial charge in [0.1, 0.15) is 11.6 Å². The molecule has 1 N–H and O–H groups in total. The second-order valence-electron chi connectivity index (χ2n) is 6.31. The molecular weight excluding hydrogens is 348 g/mol. The van der Waals surface area contributed by atoms with Gasteiger partial charge in [0, 0.05) is 26.2 Å². The highest BCUT2D eigenvalue weighted by Crippen LogP contribution is 2.33. The van der Waals surface area contributed by atoms with Gasteiger partial charge in [-0.25, -0.2) is 4.39 Å². The van der Waals surface area contributed by atoms with Gasteiger partial charge >= 0.3 is 6.36 Å². The van der Waals surface area contributed by atoms with Crippen molar-refractivity contribution in [3.63, 3.8) is 0 Å². The van der Waals surface area contributed by atoms with E-state index in [1.54, 1.807) is 18.2 Å². The number of hydrogen-bond donors (Lipinski definition) is 1. The largest absolute Gasteiger partial charge is 0.573 e. The molecule has 1 fully saturated rings. The first-order chi connectivity index (χ1) is 12.3. The third-order valence-electron chi connectivity index (χ3n) is 4.48. The van der Waals surface area contributed by atoms with Crippen molar-refractivity contribution >= 4 is 0 Å². The first-order valence-corrected chi connectivity index (χ1v) is 8.40. The van der Waals surface area contributed by atoms with Crippen molar-refractivity contribution in [2.24, 2.45) is 0 Å². The maximum atomic E-state index is 13.9. The number of aryl methyl sites for hydroxylation is 1. The molecule has 1 atom stereocenters. The van der Waals surface area contributed by atoms with Crippen LogP contribution in [0, 0.1) is 12.7 Å². The van der Waals surface area contributed by atoms with Crippen molar-refractivity contribution in [2.75, 3.05) is 26.2 Å². The average molecular weight is 368 g/mol. The van der Waals surface area contributed by atoms with Crippen LogP contribution in [0.1, 0.15) is 22.7 Å². The molecular formula is C19H20F4N2O. The number of hydrogen-bond acceptors (Lipinski definition) is 3. The summed E-state index contributed by atoms with van der Waals surface area (Å²) in [5.74, 6) is -0.598. The Morgan fingerprint density at radius 1 is 1.04 bits per heavy atom. The van der Waals surface area contributed by atoms with Crippen LogP contribution in [0.15, 0.2) is 42.5 Å². The molecule has 7 heteroatoms. The van der Waals surface area contributed by atoms with Crippen LogP contribution in [0.3, 0.4) is 0 Å². The molecule has 0 bridgehead atoms. The van der Waals surface area contributed by atoms with Crippen molar-refractivity contribution in [1.82, 2.24) is 10.2 Å². The van der Waals surface area contributed by atoms with Crippen LogP contribution in [-0.2, 0) is 0 Å². The first-order valence-electron chi connectivity index (χ1n) is 8.40. The smallest absolute Gasteiger partial charge is 0.406 e. The molecule has 1 aliphatic rings. The Labute approximate surface area is 149 Å². The van der Waals surface area contributed by atoms with Gasteiger partial charge in [0.25, 0.3) is 0 Å². The highest BCUT2D eigenvalue weighted by molar-refractivity contribution is 5.39. The normalized spacial score (nSPS) is 17.1. The lowest BCUT2D eigenvalue weighted by Crippen LogP contribution is -2.45. The lowest BCUT2D eigenvalue weighted by molar-refractivity contribution is -0.274. The Morgan fingerprint density at radius 2 is 1.69 bits per heavy atom. The summed E-state index contributed by atoms with van der Waals surface area (Å²) in [5.41, 5.74) is 2.55. The van der Waals surface area contributed by atoms with E-state index in [2.05, 4.69) is 15.0 Å². The molecule has 3 rings (SSSR count). The van der Waals surface area contributed by atoms with Gasteiger partial charge in [0.15, 0.2) is 0 Å². The quantitative estimate of drug-likeness (QED) is 0.825. The van der Waals surface area contributed by atoms with Gasteiger partial charge in [0.2, 0.25) is 0 Å². The topological polar surface area (TPSA) is 24.5 Å². The molecule has 2 aromatic carbocycles. The minimum Gasteiger partial charge on any atom is -0.406 e. The summed E-state index contributed by atoms with van der Waals surface area (Å²) in [6.45, 7) is 5.05. The molecule has 0 spiro atoms. The van der Waals surface area contributed by atoms with E-state index in [1.165, 1.54) is 24.3 Å². The molecule has 1 heterocycles. The van der Waals surface area contributed by atoms with Crippen molar-refractivity contribution in [3.8, 4) is 5.75 Å². The van der Waals surface area contributed by atoms with Crippen molar-refractivity contribution in [1.29, 1.82) is 0 Å². The number of halogens is 4. The summed E-state index contributed by atoms with van der Waals surface area (Å²) in [5, 5.41) is 3.27. The zero-order valence-corrected chi connectivity index (χ0v) is 14.3. The average Bonchev–Trinajstić information content (AvgIpc) is 2.59. The van der Waals surface area contributed by atoms with Crippen LogP contribution in [0.2, 0.25) is 0 Å². The van der Waals surface area contributed by atoms with Gasteiger partial charge in [-0.05, 0) is 47.9 Å². The SMILES string of the molecule is Cc1ccc(F)cc1[C@@H](c1ccc(OC(F)(F)F)cc1)N1CCNCC1. The van der Waals surface area contributed by atoms with Crippen molar-refractivity contribution < 1.29 is 22.3 Å². The Bertz CT molecular complexity index is 740. The van der Waals surface area contributed by atoms with Crippen LogP contribution in [0.5, 0.6) is 5.75 Å². The van der Waals surface area contributed by atoms with E-state index in [0.717, 1.165) is 42.9 Å². The van der Waals surface area contributed by atoms with Gasteiger partial charge in [0.05, 0.1) is 6.04 Å². The summed E-state index contributed by atoms with van der Waals surface area (Å²) < 4.78 is 54.9. The third-order valence-corrected chi connectivity index (χ3v) is 4.48. The number of ether oxygens (including phenoxy) is 1.